The molecule has 1 saturated heterocycles. The van der Waals surface area contributed by atoms with Crippen LogP contribution in [0.15, 0.2) is 22.5 Å². The predicted octanol–water partition coefficient (Wildman–Crippen LogP) is 3.86. The van der Waals surface area contributed by atoms with Gasteiger partial charge < -0.3 is 4.90 Å². The molecule has 1 aliphatic heterocycles. The molecule has 1 aliphatic rings. The fraction of sp³-hybridized carbons (Fsp3) is 0.529. The summed E-state index contributed by atoms with van der Waals surface area (Å²) >= 11 is 8.92. The van der Waals surface area contributed by atoms with Gasteiger partial charge in [-0.25, -0.2) is 13.4 Å². The second kappa shape index (κ2) is 8.04. The molecule has 1 amide bonds. The molecule has 0 N–H and O–H groups in total. The lowest BCUT2D eigenvalue weighted by molar-refractivity contribution is -0.132. The van der Waals surface area contributed by atoms with E-state index < -0.39 is 9.84 Å². The minimum Gasteiger partial charge on any atom is -0.335 e. The number of amides is 1. The molecule has 26 heavy (non-hydrogen) atoms. The van der Waals surface area contributed by atoms with Crippen LogP contribution in [0.25, 0.3) is 10.2 Å². The Morgan fingerprint density at radius 3 is 2.92 bits per heavy atom. The van der Waals surface area contributed by atoms with E-state index in [4.69, 9.17) is 11.6 Å². The van der Waals surface area contributed by atoms with Crippen LogP contribution in [0.4, 0.5) is 0 Å². The summed E-state index contributed by atoms with van der Waals surface area (Å²) in [6.07, 6.45) is 1.33. The number of hydrogen-bond donors (Lipinski definition) is 0. The van der Waals surface area contributed by atoms with E-state index in [1.54, 1.807) is 4.90 Å². The number of sulfone groups is 1. The van der Waals surface area contributed by atoms with Crippen LogP contribution < -0.4 is 0 Å². The Bertz CT molecular complexity index is 913. The van der Waals surface area contributed by atoms with Crippen LogP contribution >= 0.6 is 34.7 Å². The number of thiazole rings is 1. The molecule has 0 bridgehead atoms. The fourth-order valence-corrected chi connectivity index (χ4v) is 6.94. The molecule has 2 unspecified atom stereocenters. The fourth-order valence-electron chi connectivity index (χ4n) is 3.14. The van der Waals surface area contributed by atoms with Gasteiger partial charge in [-0.05, 0) is 38.0 Å². The third kappa shape index (κ3) is 4.52. The van der Waals surface area contributed by atoms with Gasteiger partial charge in [0.15, 0.2) is 14.2 Å². The Balaban J connectivity index is 1.70. The van der Waals surface area contributed by atoms with Gasteiger partial charge in [0.1, 0.15) is 0 Å². The summed E-state index contributed by atoms with van der Waals surface area (Å²) in [5.41, 5.74) is 0.832. The van der Waals surface area contributed by atoms with E-state index in [1.807, 2.05) is 32.0 Å². The Kier molecular flexibility index (Phi) is 6.16. The number of thioether (sulfide) groups is 1. The van der Waals surface area contributed by atoms with Crippen LogP contribution in [0.1, 0.15) is 26.7 Å². The van der Waals surface area contributed by atoms with Crippen molar-refractivity contribution in [1.82, 2.24) is 9.88 Å². The molecule has 2 atom stereocenters. The zero-order chi connectivity index (χ0) is 18.9. The number of fused-ring (bicyclic) bond motifs is 1. The normalized spacial score (nSPS) is 20.3. The summed E-state index contributed by atoms with van der Waals surface area (Å²) < 4.78 is 25.5. The highest BCUT2D eigenvalue weighted by Gasteiger charge is 2.36. The van der Waals surface area contributed by atoms with Crippen LogP contribution in [0, 0.1) is 0 Å². The van der Waals surface area contributed by atoms with Crippen LogP contribution in [-0.2, 0) is 14.6 Å². The second-order valence-corrected chi connectivity index (χ2v) is 11.4. The van der Waals surface area contributed by atoms with Crippen molar-refractivity contribution in [3.63, 3.8) is 0 Å². The van der Waals surface area contributed by atoms with Gasteiger partial charge in [-0.2, -0.15) is 0 Å². The monoisotopic (exact) mass is 432 g/mol. The topological polar surface area (TPSA) is 67.3 Å². The molecule has 0 aliphatic carbocycles. The highest BCUT2D eigenvalue weighted by atomic mass is 35.5. The number of carbonyl (C=O) groups excluding carboxylic acids is 1. The second-order valence-electron chi connectivity index (χ2n) is 6.50. The molecule has 1 aromatic heterocycles. The molecule has 142 valence electrons. The van der Waals surface area contributed by atoms with E-state index in [0.717, 1.165) is 21.0 Å². The number of hydrogen-bond acceptors (Lipinski definition) is 6. The number of halogens is 1. The van der Waals surface area contributed by atoms with E-state index in [1.165, 1.54) is 23.1 Å². The van der Waals surface area contributed by atoms with Crippen LogP contribution in [0.2, 0.25) is 5.02 Å². The highest BCUT2D eigenvalue weighted by Crippen LogP contribution is 2.32. The SMILES string of the molecule is CCC(C)N(C(=O)CSc1nc2cc(Cl)ccc2s1)C1CCS(=O)(=O)C1. The Labute approximate surface area is 167 Å². The van der Waals surface area contributed by atoms with Gasteiger partial charge in [0.2, 0.25) is 5.91 Å². The third-order valence-electron chi connectivity index (χ3n) is 4.60. The predicted molar refractivity (Wildman–Crippen MR) is 109 cm³/mol. The smallest absolute Gasteiger partial charge is 0.233 e. The molecule has 5 nitrogen and oxygen atoms in total. The molecule has 9 heteroatoms. The molecule has 2 aromatic rings. The lowest BCUT2D eigenvalue weighted by atomic mass is 10.1. The van der Waals surface area contributed by atoms with E-state index >= 15 is 0 Å². The maximum atomic E-state index is 12.9. The van der Waals surface area contributed by atoms with Crippen molar-refractivity contribution < 1.29 is 13.2 Å². The van der Waals surface area contributed by atoms with Crippen molar-refractivity contribution in [2.45, 2.75) is 43.1 Å². The van der Waals surface area contributed by atoms with Gasteiger partial charge in [-0.15, -0.1) is 11.3 Å². The van der Waals surface area contributed by atoms with Gasteiger partial charge in [-0.1, -0.05) is 30.3 Å². The molecular weight excluding hydrogens is 412 g/mol. The molecule has 0 saturated carbocycles. The summed E-state index contributed by atoms with van der Waals surface area (Å²) in [7, 11) is -3.03. The van der Waals surface area contributed by atoms with Crippen molar-refractivity contribution >= 4 is 60.7 Å². The van der Waals surface area contributed by atoms with Crippen molar-refractivity contribution in [1.29, 1.82) is 0 Å². The van der Waals surface area contributed by atoms with Gasteiger partial charge in [0, 0.05) is 17.1 Å². The first-order valence-electron chi connectivity index (χ1n) is 8.49. The maximum Gasteiger partial charge on any atom is 0.233 e. The summed E-state index contributed by atoms with van der Waals surface area (Å²) in [5.74, 6) is 0.481. The number of rotatable bonds is 6. The van der Waals surface area contributed by atoms with E-state index in [2.05, 4.69) is 4.98 Å². The zero-order valence-corrected chi connectivity index (χ0v) is 17.8. The lowest BCUT2D eigenvalue weighted by Crippen LogP contribution is -2.47. The first kappa shape index (κ1) is 19.9. The first-order chi connectivity index (χ1) is 12.3. The highest BCUT2D eigenvalue weighted by molar-refractivity contribution is 8.01. The molecule has 0 radical (unpaired) electrons. The zero-order valence-electron chi connectivity index (χ0n) is 14.6. The summed E-state index contributed by atoms with van der Waals surface area (Å²) in [6, 6.07) is 5.38. The van der Waals surface area contributed by atoms with Crippen molar-refractivity contribution in [3.05, 3.63) is 23.2 Å². The number of nitrogens with zero attached hydrogens (tertiary/aromatic N) is 2. The standard InChI is InChI=1S/C17H21ClN2O3S3/c1-3-11(2)20(13-6-7-26(22,23)10-13)16(21)9-24-17-19-14-8-12(18)4-5-15(14)25-17/h4-5,8,11,13H,3,6-7,9-10H2,1-2H3. The molecule has 3 rings (SSSR count). The van der Waals surface area contributed by atoms with Crippen LogP contribution in [-0.4, -0.2) is 53.6 Å². The number of carbonyl (C=O) groups is 1. The van der Waals surface area contributed by atoms with Crippen LogP contribution in [0.5, 0.6) is 0 Å². The Hall–Kier alpha value is -0.830. The van der Waals surface area contributed by atoms with Crippen molar-refractivity contribution in [2.24, 2.45) is 0 Å². The molecular formula is C17H21ClN2O3S3. The summed E-state index contributed by atoms with van der Waals surface area (Å²) in [6.45, 7) is 3.99. The Morgan fingerprint density at radius 1 is 1.50 bits per heavy atom. The van der Waals surface area contributed by atoms with Gasteiger partial charge in [0.25, 0.3) is 0 Å². The minimum absolute atomic E-state index is 0.0237. The number of aromatic nitrogens is 1. The molecule has 1 fully saturated rings. The van der Waals surface area contributed by atoms with E-state index in [9.17, 15) is 13.2 Å². The van der Waals surface area contributed by atoms with Gasteiger partial charge >= 0.3 is 0 Å². The van der Waals surface area contributed by atoms with E-state index in [-0.39, 0.29) is 35.2 Å². The van der Waals surface area contributed by atoms with Crippen molar-refractivity contribution in [2.75, 3.05) is 17.3 Å². The van der Waals surface area contributed by atoms with E-state index in [0.29, 0.717) is 11.4 Å². The van der Waals surface area contributed by atoms with Crippen molar-refractivity contribution in [3.8, 4) is 0 Å². The molecule has 0 spiro atoms. The Morgan fingerprint density at radius 2 is 2.27 bits per heavy atom. The maximum absolute atomic E-state index is 12.9. The van der Waals surface area contributed by atoms with Gasteiger partial charge in [0.05, 0.1) is 27.5 Å². The molecule has 2 heterocycles. The third-order valence-corrected chi connectivity index (χ3v) is 8.75. The minimum atomic E-state index is -3.03. The average molecular weight is 433 g/mol. The van der Waals surface area contributed by atoms with Gasteiger partial charge in [-0.3, -0.25) is 4.79 Å². The summed E-state index contributed by atoms with van der Waals surface area (Å²) in [5, 5.41) is 0.640. The summed E-state index contributed by atoms with van der Waals surface area (Å²) in [4.78, 5) is 19.2. The number of benzene rings is 1. The first-order valence-corrected chi connectivity index (χ1v) is 12.5. The van der Waals surface area contributed by atoms with Crippen LogP contribution in [0.3, 0.4) is 0 Å². The quantitative estimate of drug-likeness (QED) is 0.648. The lowest BCUT2D eigenvalue weighted by Gasteiger charge is -2.33. The largest absolute Gasteiger partial charge is 0.335 e. The average Bonchev–Trinajstić information content (AvgIpc) is 3.15. The molecule has 1 aromatic carbocycles.